The molecule has 0 aliphatic rings. The van der Waals surface area contributed by atoms with Crippen LogP contribution in [0.5, 0.6) is 5.75 Å². The third-order valence-corrected chi connectivity index (χ3v) is 6.53. The first-order chi connectivity index (χ1) is 16.3. The Kier molecular flexibility index (Phi) is 9.06. The smallest absolute Gasteiger partial charge is 0.335 e. The summed E-state index contributed by atoms with van der Waals surface area (Å²) in [4.78, 5) is 23.6. The number of aromatic carboxylic acids is 1. The Morgan fingerprint density at radius 3 is 2.26 bits per heavy atom. The fourth-order valence-corrected chi connectivity index (χ4v) is 5.24. The van der Waals surface area contributed by atoms with Crippen LogP contribution >= 0.6 is 45.2 Å². The number of ether oxygens (including phenoxy) is 1. The molecule has 0 saturated carbocycles. The van der Waals surface area contributed by atoms with Crippen LogP contribution in [0.4, 0.5) is 0 Å². The zero-order chi connectivity index (χ0) is 24.7. The minimum Gasteiger partial charge on any atom is -0.487 e. The van der Waals surface area contributed by atoms with E-state index in [1.165, 1.54) is 12.1 Å². The third kappa shape index (κ3) is 6.80. The zero-order valence-corrected chi connectivity index (χ0v) is 22.4. The molecule has 0 saturated heterocycles. The van der Waals surface area contributed by atoms with Crippen LogP contribution in [-0.2, 0) is 11.4 Å². The zero-order valence-electron chi connectivity index (χ0n) is 18.1. The number of carboxylic acids is 1. The number of amides is 1. The number of carboxylic acid groups (broad SMARTS) is 1. The Morgan fingerprint density at radius 1 is 1.09 bits per heavy atom. The average Bonchev–Trinajstić information content (AvgIpc) is 2.82. The minimum atomic E-state index is -0.972. The first-order valence-electron chi connectivity index (χ1n) is 10.2. The van der Waals surface area contributed by atoms with E-state index in [-0.39, 0.29) is 23.8 Å². The molecular formula is C26H20I2N2O4. The first kappa shape index (κ1) is 25.7. The van der Waals surface area contributed by atoms with Crippen LogP contribution in [0, 0.1) is 18.5 Å². The lowest BCUT2D eigenvalue weighted by atomic mass is 10.1. The quantitative estimate of drug-likeness (QED) is 0.174. The van der Waals surface area contributed by atoms with Crippen LogP contribution in [0.2, 0.25) is 0 Å². The number of halogens is 2. The van der Waals surface area contributed by atoms with Crippen molar-refractivity contribution in [1.29, 1.82) is 5.26 Å². The van der Waals surface area contributed by atoms with Crippen molar-refractivity contribution in [3.63, 3.8) is 0 Å². The summed E-state index contributed by atoms with van der Waals surface area (Å²) in [5.41, 5.74) is 2.75. The lowest BCUT2D eigenvalue weighted by molar-refractivity contribution is -0.117. The second-order valence-corrected chi connectivity index (χ2v) is 9.70. The summed E-state index contributed by atoms with van der Waals surface area (Å²) < 4.78 is 7.62. The molecule has 3 aromatic rings. The van der Waals surface area contributed by atoms with Gasteiger partial charge < -0.3 is 15.2 Å². The second kappa shape index (κ2) is 12.0. The number of nitrogens with one attached hydrogen (secondary N) is 1. The molecule has 6 nitrogen and oxygen atoms in total. The van der Waals surface area contributed by atoms with Crippen molar-refractivity contribution in [2.45, 2.75) is 19.6 Å². The maximum absolute atomic E-state index is 12.7. The van der Waals surface area contributed by atoms with E-state index >= 15 is 0 Å². The van der Waals surface area contributed by atoms with E-state index < -0.39 is 11.9 Å². The van der Waals surface area contributed by atoms with E-state index in [1.54, 1.807) is 18.2 Å². The predicted molar refractivity (Wildman–Crippen MR) is 146 cm³/mol. The molecule has 0 heterocycles. The molecule has 0 radical (unpaired) electrons. The van der Waals surface area contributed by atoms with Gasteiger partial charge in [0.2, 0.25) is 0 Å². The molecule has 1 amide bonds. The van der Waals surface area contributed by atoms with Gasteiger partial charge in [-0.15, -0.1) is 0 Å². The molecule has 8 heteroatoms. The molecule has 3 aromatic carbocycles. The molecule has 0 bridgehead atoms. The van der Waals surface area contributed by atoms with E-state index in [4.69, 9.17) is 9.84 Å². The predicted octanol–water partition coefficient (Wildman–Crippen LogP) is 5.96. The van der Waals surface area contributed by atoms with Crippen LogP contribution < -0.4 is 10.1 Å². The highest BCUT2D eigenvalue weighted by atomic mass is 127. The van der Waals surface area contributed by atoms with Gasteiger partial charge in [-0.3, -0.25) is 4.79 Å². The number of rotatable bonds is 8. The van der Waals surface area contributed by atoms with Gasteiger partial charge in [-0.05, 0) is 99.1 Å². The van der Waals surface area contributed by atoms with Crippen molar-refractivity contribution in [3.05, 3.63) is 102 Å². The molecule has 2 N–H and O–H groups in total. The van der Waals surface area contributed by atoms with Gasteiger partial charge in [-0.25, -0.2) is 4.79 Å². The van der Waals surface area contributed by atoms with Gasteiger partial charge in [0.15, 0.2) is 0 Å². The second-order valence-electron chi connectivity index (χ2n) is 7.38. The SMILES string of the molecule is C[C@@H](NC(=O)/C(C#N)=C\c1cc(I)c(OCc2ccc(C(=O)O)cc2)c(I)c1)c1ccccc1. The van der Waals surface area contributed by atoms with Crippen molar-refractivity contribution in [2.75, 3.05) is 0 Å². The molecule has 3 rings (SSSR count). The lowest BCUT2D eigenvalue weighted by Gasteiger charge is -2.14. The van der Waals surface area contributed by atoms with Crippen LogP contribution in [0.3, 0.4) is 0 Å². The van der Waals surface area contributed by atoms with Crippen molar-refractivity contribution in [1.82, 2.24) is 5.32 Å². The summed E-state index contributed by atoms with van der Waals surface area (Å²) in [6.07, 6.45) is 1.56. The summed E-state index contributed by atoms with van der Waals surface area (Å²) in [6, 6.07) is 21.5. The first-order valence-corrected chi connectivity index (χ1v) is 12.4. The summed E-state index contributed by atoms with van der Waals surface area (Å²) in [7, 11) is 0. The van der Waals surface area contributed by atoms with E-state index in [0.717, 1.165) is 18.3 Å². The fraction of sp³-hybridized carbons (Fsp3) is 0.115. The van der Waals surface area contributed by atoms with E-state index in [0.29, 0.717) is 11.3 Å². The number of carbonyl (C=O) groups excluding carboxylic acids is 1. The van der Waals surface area contributed by atoms with Crippen LogP contribution in [0.25, 0.3) is 6.08 Å². The number of nitriles is 1. The highest BCUT2D eigenvalue weighted by molar-refractivity contribution is 14.1. The van der Waals surface area contributed by atoms with E-state index in [1.807, 2.05) is 55.5 Å². The lowest BCUT2D eigenvalue weighted by Crippen LogP contribution is -2.27. The van der Waals surface area contributed by atoms with E-state index in [9.17, 15) is 14.9 Å². The van der Waals surface area contributed by atoms with Gasteiger partial charge >= 0.3 is 5.97 Å². The normalized spacial score (nSPS) is 11.9. The van der Waals surface area contributed by atoms with Gasteiger partial charge in [0.05, 0.1) is 18.7 Å². The monoisotopic (exact) mass is 678 g/mol. The fourth-order valence-electron chi connectivity index (χ4n) is 3.11. The molecule has 0 aliphatic carbocycles. The van der Waals surface area contributed by atoms with Gasteiger partial charge in [0.25, 0.3) is 5.91 Å². The highest BCUT2D eigenvalue weighted by Gasteiger charge is 2.15. The molecule has 1 atom stereocenters. The van der Waals surface area contributed by atoms with Crippen LogP contribution in [0.1, 0.15) is 40.0 Å². The topological polar surface area (TPSA) is 99.4 Å². The van der Waals surface area contributed by atoms with Crippen LogP contribution in [0.15, 0.2) is 72.3 Å². The highest BCUT2D eigenvalue weighted by Crippen LogP contribution is 2.30. The maximum Gasteiger partial charge on any atom is 0.335 e. The minimum absolute atomic E-state index is 0.0153. The van der Waals surface area contributed by atoms with Crippen molar-refractivity contribution in [2.24, 2.45) is 0 Å². The Labute approximate surface area is 224 Å². The summed E-state index contributed by atoms with van der Waals surface area (Å²) in [5.74, 6) is -0.726. The van der Waals surface area contributed by atoms with Crippen LogP contribution in [-0.4, -0.2) is 17.0 Å². The van der Waals surface area contributed by atoms with Gasteiger partial charge in [-0.1, -0.05) is 42.5 Å². The molecule has 0 unspecified atom stereocenters. The molecule has 0 aromatic heterocycles. The van der Waals surface area contributed by atoms with E-state index in [2.05, 4.69) is 50.5 Å². The molecule has 0 spiro atoms. The van der Waals surface area contributed by atoms with Gasteiger partial charge in [0.1, 0.15) is 24.0 Å². The number of hydrogen-bond acceptors (Lipinski definition) is 4. The third-order valence-electron chi connectivity index (χ3n) is 4.93. The summed E-state index contributed by atoms with van der Waals surface area (Å²) >= 11 is 4.30. The largest absolute Gasteiger partial charge is 0.487 e. The number of benzene rings is 3. The Bertz CT molecular complexity index is 1240. The maximum atomic E-state index is 12.7. The number of nitrogens with zero attached hydrogens (tertiary/aromatic N) is 1. The number of hydrogen-bond donors (Lipinski definition) is 2. The van der Waals surface area contributed by atoms with Gasteiger partial charge in [0, 0.05) is 0 Å². The van der Waals surface area contributed by atoms with Crippen molar-refractivity contribution in [3.8, 4) is 11.8 Å². The molecule has 0 fully saturated rings. The standard InChI is InChI=1S/C26H20I2N2O4/c1-16(19-5-3-2-4-6-19)30-25(31)21(14-29)11-18-12-22(27)24(23(28)13-18)34-15-17-7-9-20(10-8-17)26(32)33/h2-13,16H,15H2,1H3,(H,30,31)(H,32,33)/b21-11-/t16-/m1/s1. The average molecular weight is 678 g/mol. The molecule has 0 aliphatic heterocycles. The van der Waals surface area contributed by atoms with Crippen molar-refractivity contribution >= 4 is 63.1 Å². The number of carbonyl (C=O) groups is 2. The van der Waals surface area contributed by atoms with Crippen molar-refractivity contribution < 1.29 is 19.4 Å². The molecule has 34 heavy (non-hydrogen) atoms. The molecular weight excluding hydrogens is 658 g/mol. The molecule has 172 valence electrons. The Balaban J connectivity index is 1.72. The summed E-state index contributed by atoms with van der Waals surface area (Å²) in [5, 5.41) is 21.4. The summed E-state index contributed by atoms with van der Waals surface area (Å²) in [6.45, 7) is 2.15. The Hall–Kier alpha value is -2.91. The Morgan fingerprint density at radius 2 is 1.71 bits per heavy atom. The van der Waals surface area contributed by atoms with Gasteiger partial charge in [-0.2, -0.15) is 5.26 Å².